The second kappa shape index (κ2) is 10.6. The van der Waals surface area contributed by atoms with Crippen molar-refractivity contribution in [2.45, 2.75) is 25.4 Å². The summed E-state index contributed by atoms with van der Waals surface area (Å²) in [5.74, 6) is 1.00. The van der Waals surface area contributed by atoms with Gasteiger partial charge in [-0.1, -0.05) is 18.2 Å². The third-order valence-electron chi connectivity index (χ3n) is 5.14. The van der Waals surface area contributed by atoms with Crippen LogP contribution in [-0.2, 0) is 22.6 Å². The summed E-state index contributed by atoms with van der Waals surface area (Å²) < 4.78 is 10.9. The standard InChI is InChI=1S/C22H28N4O4/c1-29-19-7-3-6-17(21(19)30-2)15-26-12-11-25-22(28)18(26)13-20(27)24-10-8-16-5-4-9-23-14-16/h3-7,9,14,18H,8,10-13,15H2,1-2H3,(H,24,27)(H,25,28)/t18-/m1/s1. The second-order valence-electron chi connectivity index (χ2n) is 7.10. The van der Waals surface area contributed by atoms with Crippen molar-refractivity contribution in [3.05, 3.63) is 53.9 Å². The van der Waals surface area contributed by atoms with Gasteiger partial charge in [-0.25, -0.2) is 0 Å². The monoisotopic (exact) mass is 412 g/mol. The van der Waals surface area contributed by atoms with Gasteiger partial charge < -0.3 is 20.1 Å². The lowest BCUT2D eigenvalue weighted by Gasteiger charge is -2.35. The molecule has 160 valence electrons. The molecule has 1 aromatic heterocycles. The molecule has 3 rings (SSSR count). The van der Waals surface area contributed by atoms with Crippen LogP contribution in [0.15, 0.2) is 42.7 Å². The molecule has 30 heavy (non-hydrogen) atoms. The van der Waals surface area contributed by atoms with E-state index in [0.29, 0.717) is 44.1 Å². The molecule has 0 spiro atoms. The molecule has 8 nitrogen and oxygen atoms in total. The highest BCUT2D eigenvalue weighted by Crippen LogP contribution is 2.32. The summed E-state index contributed by atoms with van der Waals surface area (Å²) in [6.07, 6.45) is 4.30. The normalized spacial score (nSPS) is 16.6. The van der Waals surface area contributed by atoms with Crippen LogP contribution in [0.2, 0.25) is 0 Å². The molecule has 0 radical (unpaired) electrons. The molecule has 2 heterocycles. The predicted molar refractivity (Wildman–Crippen MR) is 112 cm³/mol. The van der Waals surface area contributed by atoms with Crippen molar-refractivity contribution in [1.82, 2.24) is 20.5 Å². The van der Waals surface area contributed by atoms with Crippen molar-refractivity contribution in [1.29, 1.82) is 0 Å². The van der Waals surface area contributed by atoms with E-state index in [9.17, 15) is 9.59 Å². The third-order valence-corrected chi connectivity index (χ3v) is 5.14. The molecule has 1 atom stereocenters. The Morgan fingerprint density at radius 3 is 2.87 bits per heavy atom. The van der Waals surface area contributed by atoms with E-state index in [4.69, 9.17) is 9.47 Å². The minimum atomic E-state index is -0.534. The average molecular weight is 412 g/mol. The zero-order valence-electron chi connectivity index (χ0n) is 17.4. The van der Waals surface area contributed by atoms with Crippen LogP contribution in [0.25, 0.3) is 0 Å². The molecule has 2 N–H and O–H groups in total. The minimum absolute atomic E-state index is 0.102. The van der Waals surface area contributed by atoms with Crippen molar-refractivity contribution in [3.8, 4) is 11.5 Å². The first kappa shape index (κ1) is 21.6. The van der Waals surface area contributed by atoms with Gasteiger partial charge in [-0.3, -0.25) is 19.5 Å². The Morgan fingerprint density at radius 2 is 2.13 bits per heavy atom. The van der Waals surface area contributed by atoms with Crippen molar-refractivity contribution in [2.75, 3.05) is 33.9 Å². The SMILES string of the molecule is COc1cccc(CN2CCNC(=O)[C@H]2CC(=O)NCCc2cccnc2)c1OC. The molecule has 1 saturated heterocycles. The quantitative estimate of drug-likeness (QED) is 0.642. The number of hydrogen-bond acceptors (Lipinski definition) is 6. The van der Waals surface area contributed by atoms with Gasteiger partial charge in [0.1, 0.15) is 0 Å². The minimum Gasteiger partial charge on any atom is -0.493 e. The summed E-state index contributed by atoms with van der Waals surface area (Å²) in [6, 6.07) is 8.97. The number of piperazine rings is 1. The number of nitrogens with zero attached hydrogens (tertiary/aromatic N) is 2. The summed E-state index contributed by atoms with van der Waals surface area (Å²) in [5, 5.41) is 5.77. The average Bonchev–Trinajstić information content (AvgIpc) is 2.76. The van der Waals surface area contributed by atoms with Crippen LogP contribution in [0, 0.1) is 0 Å². The number of amides is 2. The number of carbonyl (C=O) groups is 2. The van der Waals surface area contributed by atoms with Gasteiger partial charge in [0.05, 0.1) is 26.7 Å². The molecule has 0 saturated carbocycles. The van der Waals surface area contributed by atoms with Crippen molar-refractivity contribution >= 4 is 11.8 Å². The molecule has 2 aromatic rings. The van der Waals surface area contributed by atoms with E-state index in [2.05, 4.69) is 15.6 Å². The molecule has 0 unspecified atom stereocenters. The lowest BCUT2D eigenvalue weighted by molar-refractivity contribution is -0.134. The summed E-state index contributed by atoms with van der Waals surface area (Å²) in [7, 11) is 3.19. The number of aromatic nitrogens is 1. The van der Waals surface area contributed by atoms with E-state index in [1.807, 2.05) is 35.2 Å². The number of pyridine rings is 1. The lowest BCUT2D eigenvalue weighted by atomic mass is 10.1. The van der Waals surface area contributed by atoms with Crippen LogP contribution in [0.1, 0.15) is 17.5 Å². The Kier molecular flexibility index (Phi) is 7.62. The smallest absolute Gasteiger partial charge is 0.237 e. The van der Waals surface area contributed by atoms with Crippen LogP contribution >= 0.6 is 0 Å². The fraction of sp³-hybridized carbons (Fsp3) is 0.409. The first-order valence-corrected chi connectivity index (χ1v) is 9.99. The maximum absolute atomic E-state index is 12.5. The number of methoxy groups -OCH3 is 2. The Bertz CT molecular complexity index is 859. The number of carbonyl (C=O) groups excluding carboxylic acids is 2. The topological polar surface area (TPSA) is 92.8 Å². The van der Waals surface area contributed by atoms with Gasteiger partial charge in [-0.2, -0.15) is 0 Å². The van der Waals surface area contributed by atoms with Gasteiger partial charge >= 0.3 is 0 Å². The number of benzene rings is 1. The summed E-state index contributed by atoms with van der Waals surface area (Å²) >= 11 is 0. The van der Waals surface area contributed by atoms with E-state index >= 15 is 0 Å². The molecule has 1 aliphatic rings. The number of nitrogens with one attached hydrogen (secondary N) is 2. The van der Waals surface area contributed by atoms with Crippen LogP contribution in [0.3, 0.4) is 0 Å². The molecule has 0 aliphatic carbocycles. The Labute approximate surface area is 176 Å². The fourth-order valence-corrected chi connectivity index (χ4v) is 3.61. The van der Waals surface area contributed by atoms with Crippen LogP contribution < -0.4 is 20.1 Å². The largest absolute Gasteiger partial charge is 0.493 e. The molecule has 0 bridgehead atoms. The van der Waals surface area contributed by atoms with Gasteiger partial charge in [0.2, 0.25) is 11.8 Å². The number of ether oxygens (including phenoxy) is 2. The van der Waals surface area contributed by atoms with Crippen molar-refractivity contribution in [2.24, 2.45) is 0 Å². The number of para-hydroxylation sites is 1. The van der Waals surface area contributed by atoms with Crippen molar-refractivity contribution in [3.63, 3.8) is 0 Å². The molecular weight excluding hydrogens is 384 g/mol. The maximum atomic E-state index is 12.5. The van der Waals surface area contributed by atoms with E-state index in [1.54, 1.807) is 26.6 Å². The Hall–Kier alpha value is -3.13. The molecule has 2 amide bonds. The molecule has 1 fully saturated rings. The molecule has 8 heteroatoms. The fourth-order valence-electron chi connectivity index (χ4n) is 3.61. The van der Waals surface area contributed by atoms with Crippen LogP contribution in [-0.4, -0.2) is 61.6 Å². The summed E-state index contributed by atoms with van der Waals surface area (Å²) in [4.78, 5) is 31.1. The van der Waals surface area contributed by atoms with E-state index in [1.165, 1.54) is 0 Å². The van der Waals surface area contributed by atoms with Crippen molar-refractivity contribution < 1.29 is 19.1 Å². The van der Waals surface area contributed by atoms with E-state index in [0.717, 1.165) is 11.1 Å². The van der Waals surface area contributed by atoms with Gasteiger partial charge in [-0.05, 0) is 24.1 Å². The first-order chi connectivity index (χ1) is 14.6. The van der Waals surface area contributed by atoms with Gasteiger partial charge in [0.15, 0.2) is 11.5 Å². The Balaban J connectivity index is 1.62. The highest BCUT2D eigenvalue weighted by atomic mass is 16.5. The molecule has 1 aromatic carbocycles. The zero-order valence-corrected chi connectivity index (χ0v) is 17.4. The molecule has 1 aliphatic heterocycles. The van der Waals surface area contributed by atoms with E-state index < -0.39 is 6.04 Å². The van der Waals surface area contributed by atoms with Gasteiger partial charge in [0, 0.05) is 44.1 Å². The highest BCUT2D eigenvalue weighted by Gasteiger charge is 2.32. The van der Waals surface area contributed by atoms with Crippen LogP contribution in [0.4, 0.5) is 0 Å². The molecular formula is C22H28N4O4. The Morgan fingerprint density at radius 1 is 1.27 bits per heavy atom. The summed E-state index contributed by atoms with van der Waals surface area (Å²) in [5.41, 5.74) is 1.97. The zero-order chi connectivity index (χ0) is 21.3. The van der Waals surface area contributed by atoms with E-state index in [-0.39, 0.29) is 18.2 Å². The predicted octanol–water partition coefficient (Wildman–Crippen LogP) is 1.15. The second-order valence-corrected chi connectivity index (χ2v) is 7.10. The number of rotatable bonds is 9. The van der Waals surface area contributed by atoms with Crippen LogP contribution in [0.5, 0.6) is 11.5 Å². The first-order valence-electron chi connectivity index (χ1n) is 9.99. The number of hydrogen-bond donors (Lipinski definition) is 2. The van der Waals surface area contributed by atoms with Gasteiger partial charge in [-0.15, -0.1) is 0 Å². The maximum Gasteiger partial charge on any atom is 0.237 e. The van der Waals surface area contributed by atoms with Gasteiger partial charge in [0.25, 0.3) is 0 Å². The lowest BCUT2D eigenvalue weighted by Crippen LogP contribution is -2.56. The third kappa shape index (κ3) is 5.48. The summed E-state index contributed by atoms with van der Waals surface area (Å²) in [6.45, 7) is 2.19. The highest BCUT2D eigenvalue weighted by molar-refractivity contribution is 5.88.